The zero-order valence-electron chi connectivity index (χ0n) is 12.3. The van der Waals surface area contributed by atoms with Crippen LogP contribution in [0.2, 0.25) is 0 Å². The van der Waals surface area contributed by atoms with Crippen LogP contribution in [0, 0.1) is 0 Å². The van der Waals surface area contributed by atoms with Gasteiger partial charge in [0, 0.05) is 6.07 Å². The lowest BCUT2D eigenvalue weighted by Crippen LogP contribution is -2.29. The third kappa shape index (κ3) is 3.52. The van der Waals surface area contributed by atoms with Crippen molar-refractivity contribution in [1.82, 2.24) is 5.43 Å². The van der Waals surface area contributed by atoms with Gasteiger partial charge in [-0.1, -0.05) is 18.1 Å². The smallest absolute Gasteiger partial charge is 0.122 e. The average Bonchev–Trinajstić information content (AvgIpc) is 2.77. The molecule has 1 aromatic rings. The van der Waals surface area contributed by atoms with Gasteiger partial charge in [-0.2, -0.15) is 0 Å². The Morgan fingerprint density at radius 3 is 2.35 bits per heavy atom. The first-order chi connectivity index (χ1) is 9.78. The quantitative estimate of drug-likeness (QED) is 0.493. The fraction of sp³-hybridized carbons (Fsp3) is 0.500. The molecule has 1 aliphatic carbocycles. The molecule has 0 amide bonds. The molecule has 110 valence electrons. The zero-order chi connectivity index (χ0) is 14.4. The molecule has 0 bridgehead atoms. The minimum absolute atomic E-state index is 0.0251. The number of hydrazine groups is 1. The first-order valence-electron chi connectivity index (χ1n) is 7.16. The number of hydrogen-bond acceptors (Lipinski definition) is 4. The third-order valence-corrected chi connectivity index (χ3v) is 3.82. The number of benzene rings is 1. The molecule has 1 aliphatic rings. The van der Waals surface area contributed by atoms with Crippen LogP contribution in [0.25, 0.3) is 0 Å². The summed E-state index contributed by atoms with van der Waals surface area (Å²) in [7, 11) is 3.32. The Morgan fingerprint density at radius 1 is 1.05 bits per heavy atom. The molecule has 0 aromatic heterocycles. The van der Waals surface area contributed by atoms with E-state index in [1.807, 2.05) is 18.2 Å². The van der Waals surface area contributed by atoms with Crippen LogP contribution in [0.15, 0.2) is 29.8 Å². The van der Waals surface area contributed by atoms with Crippen molar-refractivity contribution in [3.8, 4) is 11.5 Å². The lowest BCUT2D eigenvalue weighted by molar-refractivity contribution is 0.392. The van der Waals surface area contributed by atoms with Crippen molar-refractivity contribution in [2.75, 3.05) is 14.2 Å². The molecule has 1 unspecified atom stereocenters. The van der Waals surface area contributed by atoms with Gasteiger partial charge in [-0.3, -0.25) is 5.84 Å². The van der Waals surface area contributed by atoms with Gasteiger partial charge < -0.3 is 9.47 Å². The number of hydrogen-bond donors (Lipinski definition) is 2. The Bertz CT molecular complexity index is 449. The first-order valence-corrected chi connectivity index (χ1v) is 7.16. The number of rotatable bonds is 5. The van der Waals surface area contributed by atoms with E-state index in [1.165, 1.54) is 24.8 Å². The van der Waals surface area contributed by atoms with Gasteiger partial charge in [-0.25, -0.2) is 5.43 Å². The molecule has 4 nitrogen and oxygen atoms in total. The van der Waals surface area contributed by atoms with E-state index in [-0.39, 0.29) is 6.04 Å². The minimum Gasteiger partial charge on any atom is -0.497 e. The summed E-state index contributed by atoms with van der Waals surface area (Å²) in [5.74, 6) is 7.37. The van der Waals surface area contributed by atoms with E-state index in [1.54, 1.807) is 14.2 Å². The van der Waals surface area contributed by atoms with Crippen molar-refractivity contribution < 1.29 is 9.47 Å². The second-order valence-corrected chi connectivity index (χ2v) is 5.12. The van der Waals surface area contributed by atoms with Crippen molar-refractivity contribution in [3.63, 3.8) is 0 Å². The average molecular weight is 276 g/mol. The molecule has 0 spiro atoms. The molecule has 4 heteroatoms. The largest absolute Gasteiger partial charge is 0.497 e. The Hall–Kier alpha value is -1.52. The van der Waals surface area contributed by atoms with Crippen molar-refractivity contribution in [1.29, 1.82) is 0 Å². The van der Waals surface area contributed by atoms with Crippen LogP contribution >= 0.6 is 0 Å². The molecular weight excluding hydrogens is 252 g/mol. The molecule has 1 aromatic carbocycles. The summed E-state index contributed by atoms with van der Waals surface area (Å²) in [4.78, 5) is 0. The highest BCUT2D eigenvalue weighted by molar-refractivity contribution is 5.42. The molecule has 0 saturated carbocycles. The molecule has 0 radical (unpaired) electrons. The van der Waals surface area contributed by atoms with Crippen LogP contribution in [-0.4, -0.2) is 14.2 Å². The van der Waals surface area contributed by atoms with Gasteiger partial charge in [0.1, 0.15) is 11.5 Å². The molecule has 0 heterocycles. The van der Waals surface area contributed by atoms with Crippen molar-refractivity contribution in [2.45, 2.75) is 38.1 Å². The van der Waals surface area contributed by atoms with Gasteiger partial charge in [0.2, 0.25) is 0 Å². The second kappa shape index (κ2) is 7.31. The van der Waals surface area contributed by atoms with E-state index >= 15 is 0 Å². The van der Waals surface area contributed by atoms with E-state index in [0.717, 1.165) is 29.9 Å². The molecule has 1 atom stereocenters. The maximum absolute atomic E-state index is 5.80. The van der Waals surface area contributed by atoms with E-state index < -0.39 is 0 Å². The molecule has 2 rings (SSSR count). The summed E-state index contributed by atoms with van der Waals surface area (Å²) in [6, 6.07) is 5.92. The third-order valence-electron chi connectivity index (χ3n) is 3.82. The van der Waals surface area contributed by atoms with Gasteiger partial charge >= 0.3 is 0 Å². The Balaban J connectivity index is 2.32. The number of nitrogens with one attached hydrogen (secondary N) is 1. The second-order valence-electron chi connectivity index (χ2n) is 5.12. The molecule has 3 N–H and O–H groups in total. The van der Waals surface area contributed by atoms with Crippen LogP contribution in [0.3, 0.4) is 0 Å². The van der Waals surface area contributed by atoms with Crippen LogP contribution in [-0.2, 0) is 0 Å². The van der Waals surface area contributed by atoms with Crippen LogP contribution in [0.1, 0.15) is 43.7 Å². The molecular formula is C16H24N2O2. The van der Waals surface area contributed by atoms with E-state index in [2.05, 4.69) is 11.5 Å². The monoisotopic (exact) mass is 276 g/mol. The van der Waals surface area contributed by atoms with E-state index in [4.69, 9.17) is 15.3 Å². The number of allylic oxidation sites excluding steroid dienone is 1. The van der Waals surface area contributed by atoms with Crippen molar-refractivity contribution in [2.24, 2.45) is 5.84 Å². The number of nitrogens with two attached hydrogens (primary N) is 1. The maximum atomic E-state index is 5.80. The standard InChI is InChI=1S/C16H24N2O2/c1-19-14-9-13(10-15(11-14)20-2)16(18-17)12-7-5-3-4-6-8-12/h7,9-11,16,18H,3-6,8,17H2,1-2H3. The summed E-state index contributed by atoms with van der Waals surface area (Å²) in [6.45, 7) is 0. The predicted molar refractivity (Wildman–Crippen MR) is 80.8 cm³/mol. The number of ether oxygens (including phenoxy) is 2. The molecule has 20 heavy (non-hydrogen) atoms. The number of methoxy groups -OCH3 is 2. The van der Waals surface area contributed by atoms with Gasteiger partial charge in [0.05, 0.1) is 20.3 Å². The SMILES string of the molecule is COc1cc(OC)cc(C(NN)C2=CCCCCC2)c1. The summed E-state index contributed by atoms with van der Waals surface area (Å²) < 4.78 is 10.7. The lowest BCUT2D eigenvalue weighted by atomic mass is 9.95. The first kappa shape index (κ1) is 14.9. The van der Waals surface area contributed by atoms with Crippen molar-refractivity contribution in [3.05, 3.63) is 35.4 Å². The molecule has 0 aliphatic heterocycles. The lowest BCUT2D eigenvalue weighted by Gasteiger charge is -2.21. The Morgan fingerprint density at radius 2 is 1.75 bits per heavy atom. The predicted octanol–water partition coefficient (Wildman–Crippen LogP) is 3.10. The highest BCUT2D eigenvalue weighted by atomic mass is 16.5. The highest BCUT2D eigenvalue weighted by Gasteiger charge is 2.18. The van der Waals surface area contributed by atoms with Gasteiger partial charge in [0.25, 0.3) is 0 Å². The summed E-state index contributed by atoms with van der Waals surface area (Å²) in [5, 5.41) is 0. The van der Waals surface area contributed by atoms with Gasteiger partial charge in [-0.15, -0.1) is 0 Å². The Kier molecular flexibility index (Phi) is 5.44. The minimum atomic E-state index is 0.0251. The maximum Gasteiger partial charge on any atom is 0.122 e. The fourth-order valence-electron chi connectivity index (χ4n) is 2.72. The van der Waals surface area contributed by atoms with E-state index in [0.29, 0.717) is 0 Å². The zero-order valence-corrected chi connectivity index (χ0v) is 12.3. The normalized spacial score (nSPS) is 17.1. The highest BCUT2D eigenvalue weighted by Crippen LogP contribution is 2.33. The fourth-order valence-corrected chi connectivity index (χ4v) is 2.72. The van der Waals surface area contributed by atoms with Gasteiger partial charge in [0.15, 0.2) is 0 Å². The molecule has 0 fully saturated rings. The molecule has 0 saturated heterocycles. The van der Waals surface area contributed by atoms with Crippen molar-refractivity contribution >= 4 is 0 Å². The van der Waals surface area contributed by atoms with Gasteiger partial charge in [-0.05, 0) is 43.4 Å². The van der Waals surface area contributed by atoms with Crippen LogP contribution < -0.4 is 20.7 Å². The summed E-state index contributed by atoms with van der Waals surface area (Å²) in [5.41, 5.74) is 5.38. The topological polar surface area (TPSA) is 56.5 Å². The summed E-state index contributed by atoms with van der Waals surface area (Å²) >= 11 is 0. The van der Waals surface area contributed by atoms with E-state index in [9.17, 15) is 0 Å². The summed E-state index contributed by atoms with van der Waals surface area (Å²) in [6.07, 6.45) is 8.33. The van der Waals surface area contributed by atoms with Crippen LogP contribution in [0.5, 0.6) is 11.5 Å². The Labute approximate surface area is 120 Å². The van der Waals surface area contributed by atoms with Crippen LogP contribution in [0.4, 0.5) is 0 Å².